The Balaban J connectivity index is 1.51. The number of benzene rings is 2. The second kappa shape index (κ2) is 9.34. The van der Waals surface area contributed by atoms with Gasteiger partial charge in [-0.15, -0.1) is 10.2 Å². The zero-order valence-electron chi connectivity index (χ0n) is 18.6. The summed E-state index contributed by atoms with van der Waals surface area (Å²) in [5.41, 5.74) is 2.41. The number of amides is 1. The molecule has 4 rings (SSSR count). The highest BCUT2D eigenvalue weighted by molar-refractivity contribution is 7.99. The molecule has 0 saturated carbocycles. The van der Waals surface area contributed by atoms with E-state index in [1.807, 2.05) is 44.4 Å². The fourth-order valence-corrected chi connectivity index (χ4v) is 4.12. The van der Waals surface area contributed by atoms with Crippen LogP contribution >= 0.6 is 11.8 Å². The van der Waals surface area contributed by atoms with Crippen molar-refractivity contribution < 1.29 is 18.0 Å². The van der Waals surface area contributed by atoms with Gasteiger partial charge in [0.2, 0.25) is 5.91 Å². The van der Waals surface area contributed by atoms with Crippen molar-refractivity contribution in [2.45, 2.75) is 18.3 Å². The van der Waals surface area contributed by atoms with E-state index >= 15 is 0 Å². The molecule has 0 aliphatic carbocycles. The third kappa shape index (κ3) is 4.98. The van der Waals surface area contributed by atoms with E-state index in [0.29, 0.717) is 11.0 Å². The second-order valence-corrected chi connectivity index (χ2v) is 8.62. The summed E-state index contributed by atoms with van der Waals surface area (Å²) in [7, 11) is 3.58. The molecule has 0 aliphatic rings. The van der Waals surface area contributed by atoms with E-state index in [0.717, 1.165) is 40.2 Å². The molecular weight excluding hydrogens is 465 g/mol. The maximum absolute atomic E-state index is 13.2. The number of nitrogens with one attached hydrogen (secondary N) is 1. The fourth-order valence-electron chi connectivity index (χ4n) is 3.41. The Kier molecular flexibility index (Phi) is 6.47. The summed E-state index contributed by atoms with van der Waals surface area (Å²) in [5, 5.41) is 15.8. The fraction of sp³-hybridized carbons (Fsp3) is 0.217. The van der Waals surface area contributed by atoms with Gasteiger partial charge in [0.05, 0.1) is 22.6 Å². The van der Waals surface area contributed by atoms with Gasteiger partial charge in [0.15, 0.2) is 11.0 Å². The predicted molar refractivity (Wildman–Crippen MR) is 124 cm³/mol. The smallest absolute Gasteiger partial charge is 0.325 e. The lowest BCUT2D eigenvalue weighted by molar-refractivity contribution is -0.137. The summed E-state index contributed by atoms with van der Waals surface area (Å²) in [6.45, 7) is 2.01. The molecule has 0 fully saturated rings. The summed E-state index contributed by atoms with van der Waals surface area (Å²) in [5.74, 6) is -0.141. The topological polar surface area (TPSA) is 77.6 Å². The maximum Gasteiger partial charge on any atom is 0.418 e. The van der Waals surface area contributed by atoms with Crippen molar-refractivity contribution in [2.75, 3.05) is 11.1 Å². The summed E-state index contributed by atoms with van der Waals surface area (Å²) in [6.07, 6.45) is -2.72. The molecule has 2 aromatic heterocycles. The number of aryl methyl sites for hydroxylation is 2. The van der Waals surface area contributed by atoms with Crippen LogP contribution < -0.4 is 5.32 Å². The summed E-state index contributed by atoms with van der Waals surface area (Å²) < 4.78 is 42.9. The standard InChI is InChI=1S/C23H21F3N6OS/c1-14-8-10-15(11-9-14)20-16(12-31(2)30-20)21-28-29-22(32(21)3)34-13-19(33)27-18-7-5-4-6-17(18)23(24,25)26/h4-12H,13H2,1-3H3,(H,27,33). The second-order valence-electron chi connectivity index (χ2n) is 7.68. The molecule has 7 nitrogen and oxygen atoms in total. The van der Waals surface area contributed by atoms with Crippen LogP contribution in [0.15, 0.2) is 59.9 Å². The predicted octanol–water partition coefficient (Wildman–Crippen LogP) is 4.94. The van der Waals surface area contributed by atoms with Crippen LogP contribution in [-0.4, -0.2) is 36.2 Å². The zero-order chi connectivity index (χ0) is 24.5. The van der Waals surface area contributed by atoms with Crippen LogP contribution in [0.25, 0.3) is 22.6 Å². The van der Waals surface area contributed by atoms with Crippen molar-refractivity contribution in [3.8, 4) is 22.6 Å². The Morgan fingerprint density at radius 2 is 1.76 bits per heavy atom. The molecule has 2 heterocycles. The number of carbonyl (C=O) groups is 1. The van der Waals surface area contributed by atoms with Crippen molar-refractivity contribution in [3.63, 3.8) is 0 Å². The monoisotopic (exact) mass is 486 g/mol. The van der Waals surface area contributed by atoms with Crippen molar-refractivity contribution in [3.05, 3.63) is 65.9 Å². The van der Waals surface area contributed by atoms with Gasteiger partial charge in [-0.2, -0.15) is 18.3 Å². The highest BCUT2D eigenvalue weighted by atomic mass is 32.2. The zero-order valence-corrected chi connectivity index (χ0v) is 19.4. The van der Waals surface area contributed by atoms with Crippen molar-refractivity contribution in [1.82, 2.24) is 24.5 Å². The lowest BCUT2D eigenvalue weighted by Gasteiger charge is -2.13. The lowest BCUT2D eigenvalue weighted by Crippen LogP contribution is -2.18. The average molecular weight is 487 g/mol. The number of hydrogen-bond acceptors (Lipinski definition) is 5. The van der Waals surface area contributed by atoms with Crippen LogP contribution in [0.3, 0.4) is 0 Å². The van der Waals surface area contributed by atoms with E-state index in [4.69, 9.17) is 0 Å². The number of anilines is 1. The SMILES string of the molecule is Cc1ccc(-c2nn(C)cc2-c2nnc(SCC(=O)Nc3ccccc3C(F)(F)F)n2C)cc1. The number of carbonyl (C=O) groups excluding carboxylic acids is 1. The van der Waals surface area contributed by atoms with Crippen LogP contribution in [0, 0.1) is 6.92 Å². The van der Waals surface area contributed by atoms with Crippen LogP contribution in [-0.2, 0) is 25.1 Å². The van der Waals surface area contributed by atoms with Crippen LogP contribution in [0.2, 0.25) is 0 Å². The first-order chi connectivity index (χ1) is 16.1. The number of nitrogens with zero attached hydrogens (tertiary/aromatic N) is 5. The van der Waals surface area contributed by atoms with Gasteiger partial charge in [-0.25, -0.2) is 0 Å². The number of halogens is 3. The highest BCUT2D eigenvalue weighted by Gasteiger charge is 2.33. The molecule has 1 amide bonds. The summed E-state index contributed by atoms with van der Waals surface area (Å²) >= 11 is 1.08. The van der Waals surface area contributed by atoms with Gasteiger partial charge in [-0.1, -0.05) is 53.7 Å². The van der Waals surface area contributed by atoms with Crippen molar-refractivity contribution >= 4 is 23.4 Å². The van der Waals surface area contributed by atoms with Gasteiger partial charge in [0, 0.05) is 25.9 Å². The third-order valence-electron chi connectivity index (χ3n) is 5.07. The van der Waals surface area contributed by atoms with Crippen molar-refractivity contribution in [1.29, 1.82) is 0 Å². The van der Waals surface area contributed by atoms with Gasteiger partial charge in [-0.3, -0.25) is 9.48 Å². The Labute approximate surface area is 198 Å². The molecule has 11 heteroatoms. The molecule has 2 aromatic carbocycles. The number of thioether (sulfide) groups is 1. The van der Waals surface area contributed by atoms with E-state index in [1.165, 1.54) is 18.2 Å². The normalized spacial score (nSPS) is 11.6. The molecule has 0 radical (unpaired) electrons. The van der Waals surface area contributed by atoms with Gasteiger partial charge < -0.3 is 9.88 Å². The molecule has 0 aliphatic heterocycles. The minimum Gasteiger partial charge on any atom is -0.325 e. The van der Waals surface area contributed by atoms with Crippen molar-refractivity contribution in [2.24, 2.45) is 14.1 Å². The molecule has 34 heavy (non-hydrogen) atoms. The molecule has 0 spiro atoms. The third-order valence-corrected chi connectivity index (χ3v) is 6.09. The Bertz CT molecular complexity index is 1330. The minimum absolute atomic E-state index is 0.129. The number of alkyl halides is 3. The Morgan fingerprint density at radius 1 is 1.06 bits per heavy atom. The van der Waals surface area contributed by atoms with E-state index in [2.05, 4.69) is 20.6 Å². The Hall–Kier alpha value is -3.60. The van der Waals surface area contributed by atoms with Gasteiger partial charge in [0.25, 0.3) is 0 Å². The average Bonchev–Trinajstić information content (AvgIpc) is 3.34. The first kappa shape index (κ1) is 23.6. The summed E-state index contributed by atoms with van der Waals surface area (Å²) in [4.78, 5) is 12.4. The highest BCUT2D eigenvalue weighted by Crippen LogP contribution is 2.35. The number of hydrogen-bond donors (Lipinski definition) is 1. The number of para-hydroxylation sites is 1. The maximum atomic E-state index is 13.2. The van der Waals surface area contributed by atoms with Gasteiger partial charge >= 0.3 is 6.18 Å². The molecule has 0 saturated heterocycles. The molecule has 1 N–H and O–H groups in total. The van der Waals surface area contributed by atoms with Crippen LogP contribution in [0.1, 0.15) is 11.1 Å². The molecular formula is C23H21F3N6OS. The van der Waals surface area contributed by atoms with Gasteiger partial charge in [-0.05, 0) is 19.1 Å². The van der Waals surface area contributed by atoms with Crippen LogP contribution in [0.5, 0.6) is 0 Å². The van der Waals surface area contributed by atoms with Crippen LogP contribution in [0.4, 0.5) is 18.9 Å². The lowest BCUT2D eigenvalue weighted by atomic mass is 10.1. The largest absolute Gasteiger partial charge is 0.418 e. The summed E-state index contributed by atoms with van der Waals surface area (Å²) in [6, 6.07) is 12.8. The molecule has 176 valence electrons. The Morgan fingerprint density at radius 3 is 2.47 bits per heavy atom. The quantitative estimate of drug-likeness (QED) is 0.391. The molecule has 0 unspecified atom stereocenters. The molecule has 4 aromatic rings. The minimum atomic E-state index is -4.56. The van der Waals surface area contributed by atoms with E-state index in [9.17, 15) is 18.0 Å². The number of aromatic nitrogens is 5. The molecule has 0 atom stereocenters. The first-order valence-electron chi connectivity index (χ1n) is 10.2. The number of rotatable bonds is 6. The van der Waals surface area contributed by atoms with E-state index in [-0.39, 0.29) is 11.4 Å². The van der Waals surface area contributed by atoms with Gasteiger partial charge in [0.1, 0.15) is 5.69 Å². The van der Waals surface area contributed by atoms with E-state index in [1.54, 1.807) is 16.3 Å². The molecule has 0 bridgehead atoms. The first-order valence-corrected chi connectivity index (χ1v) is 11.2. The van der Waals surface area contributed by atoms with E-state index < -0.39 is 17.6 Å².